The maximum absolute atomic E-state index is 8.49. The van der Waals surface area contributed by atoms with Crippen LogP contribution in [-0.4, -0.2) is 0 Å². The fraction of sp³-hybridized carbons (Fsp3) is 0.0833. The van der Waals surface area contributed by atoms with Gasteiger partial charge in [0.2, 0.25) is 5.52 Å². The molecule has 0 atom stereocenters. The molecule has 0 unspecified atom stereocenters. The fourth-order valence-corrected chi connectivity index (χ4v) is 5.23. The van der Waals surface area contributed by atoms with E-state index in [1.165, 1.54) is 66.5 Å². The Bertz CT molecular complexity index is 1760. The quantitative estimate of drug-likeness (QED) is 0.294. The summed E-state index contributed by atoms with van der Waals surface area (Å²) in [4.78, 5) is 0. The molecular formula is C36H30ClNO4. The van der Waals surface area contributed by atoms with Crippen LogP contribution in [0.3, 0.4) is 0 Å². The highest BCUT2D eigenvalue weighted by Crippen LogP contribution is 2.45. The Morgan fingerprint density at radius 1 is 0.500 bits per heavy atom. The van der Waals surface area contributed by atoms with Gasteiger partial charge in [0.1, 0.15) is 7.05 Å². The van der Waals surface area contributed by atoms with Crippen molar-refractivity contribution in [3.05, 3.63) is 139 Å². The highest BCUT2D eigenvalue weighted by Gasteiger charge is 2.21. The zero-order valence-corrected chi connectivity index (χ0v) is 24.3. The third-order valence-corrected chi connectivity index (χ3v) is 7.28. The number of fused-ring (bicyclic) bond motifs is 1. The second-order valence-electron chi connectivity index (χ2n) is 10.3. The van der Waals surface area contributed by atoms with E-state index in [0.29, 0.717) is 0 Å². The Labute approximate surface area is 248 Å². The zero-order valence-electron chi connectivity index (χ0n) is 23.6. The SMILES string of the molecule is Cc1ccc(-c2cc(-c3ccccc3)cc(-c3ccc(C)cc3)c2-c2cc[n+](C)c3ccccc23)cc1.[O-][Cl+3]([O-])([O-])[O-]. The molecule has 210 valence electrons. The zero-order chi connectivity index (χ0) is 29.9. The van der Waals surface area contributed by atoms with Crippen molar-refractivity contribution in [2.45, 2.75) is 13.8 Å². The summed E-state index contributed by atoms with van der Waals surface area (Å²) >= 11 is 0. The Morgan fingerprint density at radius 2 is 0.976 bits per heavy atom. The topological polar surface area (TPSA) is 96.1 Å². The standard InChI is InChI=1S/C36H30N.ClHO4/c1-25-13-17-28(18-14-25)33-23-30(27-9-5-4-6-10-27)24-34(29-19-15-26(2)16-20-29)36(33)32-21-22-37(3)35-12-8-7-11-31(32)35;2-1(3,4)5/h4-24H,1-3H3;(H,2,3,4,5)/q+1;/p-1. The minimum atomic E-state index is -4.94. The number of aromatic nitrogens is 1. The lowest BCUT2D eigenvalue weighted by Crippen LogP contribution is -2.68. The molecule has 0 spiro atoms. The number of rotatable bonds is 4. The van der Waals surface area contributed by atoms with Crippen molar-refractivity contribution >= 4 is 10.9 Å². The number of para-hydroxylation sites is 1. The predicted molar refractivity (Wildman–Crippen MR) is 156 cm³/mol. The van der Waals surface area contributed by atoms with Gasteiger partial charge in [-0.05, 0) is 71.0 Å². The second kappa shape index (κ2) is 12.2. The van der Waals surface area contributed by atoms with E-state index in [0.717, 1.165) is 0 Å². The third kappa shape index (κ3) is 6.74. The Balaban J connectivity index is 0.000000652. The first-order chi connectivity index (χ1) is 20.1. The number of hydrogen-bond donors (Lipinski definition) is 0. The van der Waals surface area contributed by atoms with Crippen LogP contribution < -0.4 is 23.2 Å². The van der Waals surface area contributed by atoms with Gasteiger partial charge in [-0.15, -0.1) is 10.2 Å². The third-order valence-electron chi connectivity index (χ3n) is 7.28. The molecule has 0 saturated carbocycles. The highest BCUT2D eigenvalue weighted by molar-refractivity contribution is 6.05. The van der Waals surface area contributed by atoms with Crippen molar-refractivity contribution in [2.24, 2.45) is 7.05 Å². The summed E-state index contributed by atoms with van der Waals surface area (Å²) in [6.07, 6.45) is 2.18. The molecule has 42 heavy (non-hydrogen) atoms. The fourth-order valence-electron chi connectivity index (χ4n) is 5.23. The number of halogens is 1. The van der Waals surface area contributed by atoms with E-state index >= 15 is 0 Å². The lowest BCUT2D eigenvalue weighted by Gasteiger charge is -2.20. The average Bonchev–Trinajstić information content (AvgIpc) is 2.98. The molecule has 0 aliphatic heterocycles. The minimum Gasteiger partial charge on any atom is -0.222 e. The lowest BCUT2D eigenvalue weighted by atomic mass is 9.83. The molecule has 0 radical (unpaired) electrons. The minimum absolute atomic E-state index is 1.22. The van der Waals surface area contributed by atoms with Crippen LogP contribution in [0.4, 0.5) is 0 Å². The summed E-state index contributed by atoms with van der Waals surface area (Å²) in [5.74, 6) is 0. The highest BCUT2D eigenvalue weighted by atomic mass is 35.7. The van der Waals surface area contributed by atoms with E-state index in [1.54, 1.807) is 0 Å². The van der Waals surface area contributed by atoms with E-state index in [9.17, 15) is 0 Å². The number of hydrogen-bond acceptors (Lipinski definition) is 4. The van der Waals surface area contributed by atoms with Gasteiger partial charge in [0.15, 0.2) is 6.20 Å². The van der Waals surface area contributed by atoms with Crippen LogP contribution in [-0.2, 0) is 7.05 Å². The van der Waals surface area contributed by atoms with Gasteiger partial charge in [0.05, 0.1) is 5.39 Å². The molecule has 0 aliphatic rings. The summed E-state index contributed by atoms with van der Waals surface area (Å²) in [5, 5.41) is 1.25. The molecule has 0 bridgehead atoms. The van der Waals surface area contributed by atoms with Gasteiger partial charge >= 0.3 is 0 Å². The van der Waals surface area contributed by atoms with Gasteiger partial charge < -0.3 is 0 Å². The molecule has 6 heteroatoms. The number of pyridine rings is 1. The maximum Gasteiger partial charge on any atom is 0.212 e. The Morgan fingerprint density at radius 3 is 1.50 bits per heavy atom. The summed E-state index contributed by atoms with van der Waals surface area (Å²) in [6.45, 7) is 4.29. The summed E-state index contributed by atoms with van der Waals surface area (Å²) in [7, 11) is -2.83. The predicted octanol–water partition coefficient (Wildman–Crippen LogP) is 4.19. The molecule has 0 N–H and O–H groups in total. The van der Waals surface area contributed by atoms with Crippen LogP contribution in [0.5, 0.6) is 0 Å². The molecular weight excluding hydrogens is 546 g/mol. The van der Waals surface area contributed by atoms with Crippen LogP contribution in [0, 0.1) is 24.1 Å². The molecule has 0 aliphatic carbocycles. The Kier molecular flexibility index (Phi) is 8.50. The first kappa shape index (κ1) is 29.1. The maximum atomic E-state index is 8.49. The van der Waals surface area contributed by atoms with Gasteiger partial charge in [-0.3, -0.25) is 0 Å². The van der Waals surface area contributed by atoms with Crippen LogP contribution >= 0.6 is 0 Å². The van der Waals surface area contributed by atoms with Gasteiger partial charge in [0.25, 0.3) is 0 Å². The smallest absolute Gasteiger partial charge is 0.212 e. The van der Waals surface area contributed by atoms with E-state index in [4.69, 9.17) is 18.6 Å². The lowest BCUT2D eigenvalue weighted by molar-refractivity contribution is -2.00. The van der Waals surface area contributed by atoms with E-state index in [-0.39, 0.29) is 0 Å². The van der Waals surface area contributed by atoms with Crippen LogP contribution in [0.2, 0.25) is 0 Å². The summed E-state index contributed by atoms with van der Waals surface area (Å²) in [6, 6.07) is 44.3. The largest absolute Gasteiger partial charge is 0.222 e. The molecule has 0 amide bonds. The van der Waals surface area contributed by atoms with Crippen molar-refractivity contribution in [3.8, 4) is 44.5 Å². The first-order valence-corrected chi connectivity index (χ1v) is 14.7. The monoisotopic (exact) mass is 575 g/mol. The normalized spacial score (nSPS) is 11.2. The van der Waals surface area contributed by atoms with Gasteiger partial charge in [-0.1, -0.05) is 102 Å². The van der Waals surface area contributed by atoms with Crippen LogP contribution in [0.25, 0.3) is 55.4 Å². The molecule has 6 aromatic rings. The Hall–Kier alpha value is -4.36. The van der Waals surface area contributed by atoms with Gasteiger partial charge in [-0.2, -0.15) is 0 Å². The molecule has 5 aromatic carbocycles. The average molecular weight is 576 g/mol. The van der Waals surface area contributed by atoms with E-state index in [2.05, 4.69) is 153 Å². The molecule has 5 nitrogen and oxygen atoms in total. The van der Waals surface area contributed by atoms with E-state index < -0.39 is 10.2 Å². The molecule has 6 rings (SSSR count). The molecule has 0 saturated heterocycles. The molecule has 1 aromatic heterocycles. The van der Waals surface area contributed by atoms with Crippen LogP contribution in [0.15, 0.2) is 128 Å². The summed E-state index contributed by atoms with van der Waals surface area (Å²) in [5.41, 5.74) is 13.7. The summed E-state index contributed by atoms with van der Waals surface area (Å²) < 4.78 is 36.2. The second-order valence-corrected chi connectivity index (χ2v) is 11.0. The molecule has 0 fully saturated rings. The van der Waals surface area contributed by atoms with Gasteiger partial charge in [0, 0.05) is 17.7 Å². The number of benzene rings is 5. The van der Waals surface area contributed by atoms with Crippen molar-refractivity contribution in [2.75, 3.05) is 0 Å². The number of nitrogens with zero attached hydrogens (tertiary/aromatic N) is 1. The van der Waals surface area contributed by atoms with E-state index in [1.807, 2.05) is 0 Å². The first-order valence-electron chi connectivity index (χ1n) is 13.5. The van der Waals surface area contributed by atoms with Crippen molar-refractivity contribution in [1.82, 2.24) is 0 Å². The molecule has 1 heterocycles. The van der Waals surface area contributed by atoms with Crippen LogP contribution in [0.1, 0.15) is 11.1 Å². The van der Waals surface area contributed by atoms with Gasteiger partial charge in [-0.25, -0.2) is 23.2 Å². The van der Waals surface area contributed by atoms with Crippen molar-refractivity contribution < 1.29 is 33.4 Å². The van der Waals surface area contributed by atoms with Crippen molar-refractivity contribution in [1.29, 1.82) is 0 Å². The van der Waals surface area contributed by atoms with Crippen molar-refractivity contribution in [3.63, 3.8) is 0 Å². The number of aryl methyl sites for hydroxylation is 3.